The second-order valence-electron chi connectivity index (χ2n) is 7.07. The van der Waals surface area contributed by atoms with Crippen LogP contribution in [0, 0.1) is 0 Å². The van der Waals surface area contributed by atoms with Crippen molar-refractivity contribution in [1.29, 1.82) is 0 Å². The molecule has 0 bridgehead atoms. The van der Waals surface area contributed by atoms with Crippen LogP contribution in [0.15, 0.2) is 35.5 Å². The van der Waals surface area contributed by atoms with Gasteiger partial charge in [-0.2, -0.15) is 0 Å². The Morgan fingerprint density at radius 2 is 1.42 bits per heavy atom. The number of rotatable bonds is 3. The second kappa shape index (κ2) is 13.4. The maximum Gasteiger partial charge on any atom is 0.305 e. The summed E-state index contributed by atoms with van der Waals surface area (Å²) in [6, 6.07) is 10.1. The fraction of sp³-hybridized carbons (Fsp3) is 0.636. The number of ether oxygens (including phenoxy) is 1. The van der Waals surface area contributed by atoms with E-state index in [0.29, 0.717) is 19.6 Å². The largest absolute Gasteiger partial charge is 0.466 e. The van der Waals surface area contributed by atoms with Gasteiger partial charge in [0.25, 0.3) is 0 Å². The lowest BCUT2D eigenvalue weighted by molar-refractivity contribution is -0.143. The van der Waals surface area contributed by atoms with Crippen molar-refractivity contribution in [3.05, 3.63) is 35.9 Å². The third-order valence-electron chi connectivity index (χ3n) is 4.74. The van der Waals surface area contributed by atoms with Gasteiger partial charge in [0.1, 0.15) is 6.61 Å². The normalized spacial score (nSPS) is 20.5. The van der Waals surface area contributed by atoms with Gasteiger partial charge in [0.15, 0.2) is 0 Å². The molecule has 1 aromatic rings. The zero-order valence-electron chi connectivity index (χ0n) is 16.0. The summed E-state index contributed by atoms with van der Waals surface area (Å²) in [4.78, 5) is 17.3. The first kappa shape index (κ1) is 20.5. The summed E-state index contributed by atoms with van der Waals surface area (Å²) >= 11 is 0. The summed E-state index contributed by atoms with van der Waals surface area (Å²) in [6.45, 7) is 0.982. The first-order valence-corrected chi connectivity index (χ1v) is 10.2. The standard InChI is InChI=1S/C22H33NO3/c24-22-17-11-6-4-2-1-3-5-10-15-21(16-12-18-25-22)23-26-19-20-13-8-7-9-14-20/h7-9,13-14H,1-6,10-12,15-19H2/b23-21+. The van der Waals surface area contributed by atoms with Crippen LogP contribution in [0.1, 0.15) is 82.6 Å². The van der Waals surface area contributed by atoms with Gasteiger partial charge in [0.2, 0.25) is 0 Å². The molecular weight excluding hydrogens is 326 g/mol. The molecule has 26 heavy (non-hydrogen) atoms. The molecule has 1 aliphatic rings. The molecule has 0 saturated carbocycles. The molecule has 144 valence electrons. The minimum absolute atomic E-state index is 0.0593. The van der Waals surface area contributed by atoms with Crippen LogP contribution in [-0.4, -0.2) is 18.3 Å². The molecule has 1 heterocycles. The smallest absolute Gasteiger partial charge is 0.305 e. The van der Waals surface area contributed by atoms with Gasteiger partial charge >= 0.3 is 5.97 Å². The van der Waals surface area contributed by atoms with Gasteiger partial charge in [0.05, 0.1) is 12.3 Å². The van der Waals surface area contributed by atoms with E-state index in [1.807, 2.05) is 30.3 Å². The SMILES string of the molecule is O=C1CCCCCCCCCC/C(=N\OCc2ccccc2)CCCO1. The Morgan fingerprint density at radius 1 is 0.808 bits per heavy atom. The molecular formula is C22H33NO3. The Hall–Kier alpha value is -1.84. The van der Waals surface area contributed by atoms with Crippen molar-refractivity contribution in [3.8, 4) is 0 Å². The van der Waals surface area contributed by atoms with E-state index >= 15 is 0 Å². The molecule has 0 radical (unpaired) electrons. The molecule has 0 unspecified atom stereocenters. The Kier molecular flexibility index (Phi) is 10.5. The van der Waals surface area contributed by atoms with E-state index in [2.05, 4.69) is 5.16 Å². The fourth-order valence-corrected chi connectivity index (χ4v) is 3.18. The van der Waals surface area contributed by atoms with E-state index in [1.54, 1.807) is 0 Å². The molecule has 1 aliphatic heterocycles. The summed E-state index contributed by atoms with van der Waals surface area (Å²) in [5, 5.41) is 4.38. The van der Waals surface area contributed by atoms with Crippen LogP contribution in [0.3, 0.4) is 0 Å². The third-order valence-corrected chi connectivity index (χ3v) is 4.74. The first-order valence-electron chi connectivity index (χ1n) is 10.2. The number of cyclic esters (lactones) is 1. The van der Waals surface area contributed by atoms with Gasteiger partial charge < -0.3 is 9.57 Å². The molecule has 0 spiro atoms. The summed E-state index contributed by atoms with van der Waals surface area (Å²) in [5.74, 6) is -0.0593. The number of carbonyl (C=O) groups excluding carboxylic acids is 1. The Balaban J connectivity index is 1.79. The predicted octanol–water partition coefficient (Wildman–Crippen LogP) is 5.80. The maximum atomic E-state index is 11.7. The van der Waals surface area contributed by atoms with Crippen molar-refractivity contribution in [2.75, 3.05) is 6.61 Å². The highest BCUT2D eigenvalue weighted by Gasteiger charge is 2.06. The molecule has 4 nitrogen and oxygen atoms in total. The molecule has 1 aromatic carbocycles. The summed E-state index contributed by atoms with van der Waals surface area (Å²) in [5.41, 5.74) is 2.21. The third kappa shape index (κ3) is 9.59. The molecule has 4 heteroatoms. The van der Waals surface area contributed by atoms with Gasteiger partial charge in [-0.25, -0.2) is 0 Å². The zero-order valence-corrected chi connectivity index (χ0v) is 16.0. The Labute approximate surface area is 158 Å². The minimum Gasteiger partial charge on any atom is -0.466 e. The molecule has 2 rings (SSSR count). The zero-order chi connectivity index (χ0) is 18.3. The average Bonchev–Trinajstić information content (AvgIpc) is 2.66. The van der Waals surface area contributed by atoms with Crippen molar-refractivity contribution in [2.45, 2.75) is 83.7 Å². The van der Waals surface area contributed by atoms with Crippen molar-refractivity contribution >= 4 is 11.7 Å². The number of carbonyl (C=O) groups is 1. The van der Waals surface area contributed by atoms with Gasteiger partial charge in [-0.1, -0.05) is 74.0 Å². The summed E-state index contributed by atoms with van der Waals surface area (Å²) in [6.07, 6.45) is 12.8. The highest BCUT2D eigenvalue weighted by atomic mass is 16.6. The molecule has 1 fully saturated rings. The summed E-state index contributed by atoms with van der Waals surface area (Å²) in [7, 11) is 0. The van der Waals surface area contributed by atoms with E-state index < -0.39 is 0 Å². The van der Waals surface area contributed by atoms with Crippen LogP contribution in [0.2, 0.25) is 0 Å². The molecule has 0 amide bonds. The molecule has 0 aliphatic carbocycles. The minimum atomic E-state index is -0.0593. The van der Waals surface area contributed by atoms with Crippen LogP contribution < -0.4 is 0 Å². The Morgan fingerprint density at radius 3 is 2.15 bits per heavy atom. The number of hydrogen-bond donors (Lipinski definition) is 0. The highest BCUT2D eigenvalue weighted by Crippen LogP contribution is 2.13. The van der Waals surface area contributed by atoms with Crippen LogP contribution in [-0.2, 0) is 21.0 Å². The molecule has 0 atom stereocenters. The molecule has 0 N–H and O–H groups in total. The van der Waals surface area contributed by atoms with E-state index in [9.17, 15) is 4.79 Å². The van der Waals surface area contributed by atoms with Crippen LogP contribution in [0.25, 0.3) is 0 Å². The molecule has 0 aromatic heterocycles. The topological polar surface area (TPSA) is 47.9 Å². The highest BCUT2D eigenvalue weighted by molar-refractivity contribution is 5.83. The van der Waals surface area contributed by atoms with Gasteiger partial charge in [-0.05, 0) is 37.7 Å². The second-order valence-corrected chi connectivity index (χ2v) is 7.07. The van der Waals surface area contributed by atoms with Crippen molar-refractivity contribution in [2.24, 2.45) is 5.16 Å². The van der Waals surface area contributed by atoms with E-state index in [0.717, 1.165) is 49.8 Å². The maximum absolute atomic E-state index is 11.7. The Bertz CT molecular complexity index is 527. The van der Waals surface area contributed by atoms with Crippen LogP contribution >= 0.6 is 0 Å². The van der Waals surface area contributed by atoms with Crippen molar-refractivity contribution < 1.29 is 14.4 Å². The lowest BCUT2D eigenvalue weighted by atomic mass is 10.0. The number of hydrogen-bond acceptors (Lipinski definition) is 4. The van der Waals surface area contributed by atoms with E-state index in [-0.39, 0.29) is 5.97 Å². The lowest BCUT2D eigenvalue weighted by Gasteiger charge is -2.09. The van der Waals surface area contributed by atoms with Gasteiger partial charge in [-0.15, -0.1) is 0 Å². The van der Waals surface area contributed by atoms with E-state index in [4.69, 9.17) is 9.57 Å². The fourth-order valence-electron chi connectivity index (χ4n) is 3.18. The number of benzene rings is 1. The quantitative estimate of drug-likeness (QED) is 0.506. The predicted molar refractivity (Wildman–Crippen MR) is 105 cm³/mol. The first-order chi connectivity index (χ1) is 12.8. The number of esters is 1. The summed E-state index contributed by atoms with van der Waals surface area (Å²) < 4.78 is 5.33. The van der Waals surface area contributed by atoms with E-state index in [1.165, 1.54) is 32.1 Å². The van der Waals surface area contributed by atoms with Crippen LogP contribution in [0.4, 0.5) is 0 Å². The van der Waals surface area contributed by atoms with Crippen molar-refractivity contribution in [3.63, 3.8) is 0 Å². The average molecular weight is 360 g/mol. The van der Waals surface area contributed by atoms with Gasteiger partial charge in [0, 0.05) is 6.42 Å². The van der Waals surface area contributed by atoms with Crippen molar-refractivity contribution in [1.82, 2.24) is 0 Å². The van der Waals surface area contributed by atoms with Crippen LogP contribution in [0.5, 0.6) is 0 Å². The number of oxime groups is 1. The van der Waals surface area contributed by atoms with Gasteiger partial charge in [-0.3, -0.25) is 4.79 Å². The molecule has 1 saturated heterocycles. The number of nitrogens with zero attached hydrogens (tertiary/aromatic N) is 1. The monoisotopic (exact) mass is 359 g/mol. The lowest BCUT2D eigenvalue weighted by Crippen LogP contribution is -2.08.